The monoisotopic (exact) mass is 364 g/mol. The zero-order chi connectivity index (χ0) is 19.2. The maximum atomic E-state index is 11.7. The molecule has 5 nitrogen and oxygen atoms in total. The van der Waals surface area contributed by atoms with Crippen LogP contribution in [0, 0.1) is 11.3 Å². The highest BCUT2D eigenvalue weighted by molar-refractivity contribution is 5.95. The van der Waals surface area contributed by atoms with Crippen molar-refractivity contribution in [2.24, 2.45) is 0 Å². The van der Waals surface area contributed by atoms with Gasteiger partial charge in [-0.25, -0.2) is 0 Å². The fourth-order valence-electron chi connectivity index (χ4n) is 3.37. The number of para-hydroxylation sites is 1. The molecule has 0 radical (unpaired) electrons. The number of rotatable bonds is 7. The highest BCUT2D eigenvalue weighted by Gasteiger charge is 2.20. The molecule has 0 amide bonds. The van der Waals surface area contributed by atoms with E-state index in [1.807, 2.05) is 18.2 Å². The Bertz CT molecular complexity index is 864. The Kier molecular flexibility index (Phi) is 5.97. The normalized spacial score (nSPS) is 13.8. The molecule has 0 aromatic heterocycles. The van der Waals surface area contributed by atoms with Crippen LogP contribution < -0.4 is 14.8 Å². The van der Waals surface area contributed by atoms with Gasteiger partial charge in [0, 0.05) is 17.7 Å². The highest BCUT2D eigenvalue weighted by Crippen LogP contribution is 2.35. The first-order chi connectivity index (χ1) is 13.1. The van der Waals surface area contributed by atoms with E-state index in [0.717, 1.165) is 24.2 Å². The molecule has 5 heteroatoms. The van der Waals surface area contributed by atoms with Gasteiger partial charge in [0.05, 0.1) is 24.5 Å². The van der Waals surface area contributed by atoms with Gasteiger partial charge in [0.1, 0.15) is 6.07 Å². The van der Waals surface area contributed by atoms with Gasteiger partial charge in [-0.15, -0.1) is 0 Å². The predicted molar refractivity (Wildman–Crippen MR) is 104 cm³/mol. The van der Waals surface area contributed by atoms with Gasteiger partial charge in [-0.1, -0.05) is 12.1 Å². The van der Waals surface area contributed by atoms with E-state index in [9.17, 15) is 10.1 Å². The van der Waals surface area contributed by atoms with Gasteiger partial charge in [0.15, 0.2) is 17.3 Å². The van der Waals surface area contributed by atoms with Crippen molar-refractivity contribution < 1.29 is 14.3 Å². The minimum absolute atomic E-state index is 0.0332. The van der Waals surface area contributed by atoms with Crippen LogP contribution in [0.5, 0.6) is 11.5 Å². The van der Waals surface area contributed by atoms with Crippen molar-refractivity contribution in [3.63, 3.8) is 0 Å². The van der Waals surface area contributed by atoms with Crippen LogP contribution in [-0.2, 0) is 6.54 Å². The zero-order valence-corrected chi connectivity index (χ0v) is 15.7. The lowest BCUT2D eigenvalue weighted by Crippen LogP contribution is -2.14. The summed E-state index contributed by atoms with van der Waals surface area (Å²) in [7, 11) is 1.64. The maximum Gasteiger partial charge on any atom is 0.166 e. The molecule has 0 heterocycles. The van der Waals surface area contributed by atoms with Crippen LogP contribution >= 0.6 is 0 Å². The van der Waals surface area contributed by atoms with E-state index in [2.05, 4.69) is 11.4 Å². The lowest BCUT2D eigenvalue weighted by molar-refractivity contribution is 0.101. The number of hydrogen-bond donors (Lipinski definition) is 1. The van der Waals surface area contributed by atoms with Gasteiger partial charge in [-0.2, -0.15) is 5.26 Å². The van der Waals surface area contributed by atoms with Gasteiger partial charge >= 0.3 is 0 Å². The first-order valence-corrected chi connectivity index (χ1v) is 9.24. The molecule has 0 bridgehead atoms. The number of carbonyl (C=O) groups is 1. The Morgan fingerprint density at radius 3 is 2.70 bits per heavy atom. The van der Waals surface area contributed by atoms with Crippen molar-refractivity contribution in [2.45, 2.75) is 45.3 Å². The van der Waals surface area contributed by atoms with Crippen LogP contribution in [-0.4, -0.2) is 19.0 Å². The number of carbonyl (C=O) groups excluding carboxylic acids is 1. The van der Waals surface area contributed by atoms with Crippen molar-refractivity contribution >= 4 is 11.5 Å². The van der Waals surface area contributed by atoms with E-state index in [4.69, 9.17) is 9.47 Å². The minimum Gasteiger partial charge on any atom is -0.493 e. The minimum atomic E-state index is -0.0332. The molecule has 3 rings (SSSR count). The summed E-state index contributed by atoms with van der Waals surface area (Å²) < 4.78 is 11.7. The van der Waals surface area contributed by atoms with Crippen LogP contribution in [0.2, 0.25) is 0 Å². The molecule has 140 valence electrons. The Balaban J connectivity index is 1.84. The number of methoxy groups -OCH3 is 1. The first kappa shape index (κ1) is 18.8. The Labute approximate surface area is 159 Å². The molecule has 0 saturated heterocycles. The molecule has 0 unspecified atom stereocenters. The average Bonchev–Trinajstić information content (AvgIpc) is 3.20. The summed E-state index contributed by atoms with van der Waals surface area (Å²) in [4.78, 5) is 11.7. The molecule has 0 spiro atoms. The van der Waals surface area contributed by atoms with Crippen molar-refractivity contribution in [3.8, 4) is 17.6 Å². The van der Waals surface area contributed by atoms with Crippen LogP contribution in [0.15, 0.2) is 36.4 Å². The molecule has 0 aliphatic heterocycles. The van der Waals surface area contributed by atoms with Gasteiger partial charge in [-0.3, -0.25) is 4.79 Å². The largest absolute Gasteiger partial charge is 0.493 e. The fraction of sp³-hybridized carbons (Fsp3) is 0.364. The molecule has 2 aromatic rings. The van der Waals surface area contributed by atoms with Crippen molar-refractivity contribution in [1.29, 1.82) is 5.26 Å². The number of nitriles is 1. The Morgan fingerprint density at radius 1 is 1.26 bits per heavy atom. The van der Waals surface area contributed by atoms with Crippen LogP contribution in [0.25, 0.3) is 0 Å². The third-order valence-corrected chi connectivity index (χ3v) is 4.88. The summed E-state index contributed by atoms with van der Waals surface area (Å²) in [5.74, 6) is 1.42. The Hall–Kier alpha value is -3.00. The summed E-state index contributed by atoms with van der Waals surface area (Å²) in [6, 6.07) is 13.0. The van der Waals surface area contributed by atoms with E-state index in [0.29, 0.717) is 29.1 Å². The van der Waals surface area contributed by atoms with Crippen LogP contribution in [0.1, 0.15) is 54.1 Å². The third kappa shape index (κ3) is 4.40. The number of nitrogens with one attached hydrogen (secondary N) is 1. The topological polar surface area (TPSA) is 71.3 Å². The van der Waals surface area contributed by atoms with Gasteiger partial charge < -0.3 is 14.8 Å². The standard InChI is InChI=1S/C22H24N2O3/c1-15(25)16-10-11-17(13-23)20(12-16)24-14-18-6-5-9-21(26-2)22(18)27-19-7-3-4-8-19/h5-6,9-12,19,24H,3-4,7-8,14H2,1-2H3. The molecule has 27 heavy (non-hydrogen) atoms. The number of nitrogens with zero attached hydrogens (tertiary/aromatic N) is 1. The molecule has 1 aliphatic rings. The third-order valence-electron chi connectivity index (χ3n) is 4.88. The van der Waals surface area contributed by atoms with E-state index >= 15 is 0 Å². The molecule has 1 fully saturated rings. The van der Waals surface area contributed by atoms with E-state index in [1.165, 1.54) is 19.8 Å². The van der Waals surface area contributed by atoms with Crippen molar-refractivity contribution in [1.82, 2.24) is 0 Å². The fourth-order valence-corrected chi connectivity index (χ4v) is 3.37. The lowest BCUT2D eigenvalue weighted by atomic mass is 10.1. The summed E-state index contributed by atoms with van der Waals surface area (Å²) in [6.07, 6.45) is 4.72. The lowest BCUT2D eigenvalue weighted by Gasteiger charge is -2.20. The van der Waals surface area contributed by atoms with Crippen molar-refractivity contribution in [2.75, 3.05) is 12.4 Å². The summed E-state index contributed by atoms with van der Waals surface area (Å²) in [6.45, 7) is 1.98. The average molecular weight is 364 g/mol. The van der Waals surface area contributed by atoms with Crippen LogP contribution in [0.3, 0.4) is 0 Å². The predicted octanol–water partition coefficient (Wildman–Crippen LogP) is 4.70. The van der Waals surface area contributed by atoms with E-state index < -0.39 is 0 Å². The van der Waals surface area contributed by atoms with Gasteiger partial charge in [0.2, 0.25) is 0 Å². The van der Waals surface area contributed by atoms with E-state index in [1.54, 1.807) is 25.3 Å². The number of Topliss-reactive ketones (excluding diaryl/α,β-unsaturated/α-hetero) is 1. The van der Waals surface area contributed by atoms with Crippen molar-refractivity contribution in [3.05, 3.63) is 53.1 Å². The molecule has 0 atom stereocenters. The smallest absolute Gasteiger partial charge is 0.166 e. The number of ketones is 1. The van der Waals surface area contributed by atoms with E-state index in [-0.39, 0.29) is 11.9 Å². The Morgan fingerprint density at radius 2 is 2.04 bits per heavy atom. The second kappa shape index (κ2) is 8.59. The second-order valence-corrected chi connectivity index (χ2v) is 6.75. The SMILES string of the molecule is COc1cccc(CNc2cc(C(C)=O)ccc2C#N)c1OC1CCCC1. The molecule has 1 saturated carbocycles. The molecule has 1 N–H and O–H groups in total. The number of anilines is 1. The zero-order valence-electron chi connectivity index (χ0n) is 15.7. The van der Waals surface area contributed by atoms with Gasteiger partial charge in [0.25, 0.3) is 0 Å². The molecular weight excluding hydrogens is 340 g/mol. The summed E-state index contributed by atoms with van der Waals surface area (Å²) in [5.41, 5.74) is 2.67. The number of hydrogen-bond acceptors (Lipinski definition) is 5. The van der Waals surface area contributed by atoms with Crippen LogP contribution in [0.4, 0.5) is 5.69 Å². The molecular formula is C22H24N2O3. The van der Waals surface area contributed by atoms with Gasteiger partial charge in [-0.05, 0) is 56.9 Å². The first-order valence-electron chi connectivity index (χ1n) is 9.24. The second-order valence-electron chi connectivity index (χ2n) is 6.75. The maximum absolute atomic E-state index is 11.7. The molecule has 2 aromatic carbocycles. The summed E-state index contributed by atoms with van der Waals surface area (Å²) >= 11 is 0. The summed E-state index contributed by atoms with van der Waals surface area (Å²) in [5, 5.41) is 12.6. The number of benzene rings is 2. The highest BCUT2D eigenvalue weighted by atomic mass is 16.5. The molecule has 1 aliphatic carbocycles. The quantitative estimate of drug-likeness (QED) is 0.721. The number of ether oxygens (including phenoxy) is 2.